The van der Waals surface area contributed by atoms with Crippen molar-refractivity contribution in [3.05, 3.63) is 104 Å². The highest BCUT2D eigenvalue weighted by atomic mass is 31.1. The van der Waals surface area contributed by atoms with Gasteiger partial charge in [0.2, 0.25) is 0 Å². The number of amides is 2. The summed E-state index contributed by atoms with van der Waals surface area (Å²) < 4.78 is 0. The predicted molar refractivity (Wildman–Crippen MR) is 139 cm³/mol. The maximum Gasteiger partial charge on any atom is 0.261 e. The Morgan fingerprint density at radius 2 is 1.00 bits per heavy atom. The van der Waals surface area contributed by atoms with Gasteiger partial charge in [-0.3, -0.25) is 24.1 Å². The van der Waals surface area contributed by atoms with Gasteiger partial charge in [-0.1, -0.05) is 47.5 Å². The summed E-state index contributed by atoms with van der Waals surface area (Å²) in [4.78, 5) is 55.4. The van der Waals surface area contributed by atoms with Crippen LogP contribution in [-0.4, -0.2) is 34.0 Å². The van der Waals surface area contributed by atoms with Crippen molar-refractivity contribution in [2.24, 2.45) is 0 Å². The summed E-state index contributed by atoms with van der Waals surface area (Å²) in [5, 5.41) is 0. The molecule has 0 radical (unpaired) electrons. The second kappa shape index (κ2) is 9.31. The third-order valence-corrected chi connectivity index (χ3v) is 8.43. The Morgan fingerprint density at radius 3 is 1.34 bits per heavy atom. The molecule has 3 aromatic carbocycles. The Bertz CT molecular complexity index is 1270. The van der Waals surface area contributed by atoms with Crippen LogP contribution >= 0.6 is 7.92 Å². The summed E-state index contributed by atoms with van der Waals surface area (Å²) in [6.45, 7) is 11.3. The van der Waals surface area contributed by atoms with Crippen LogP contribution in [0, 0.1) is 41.5 Å². The summed E-state index contributed by atoms with van der Waals surface area (Å²) in [7, 11) is -2.08. The lowest BCUT2D eigenvalue weighted by Crippen LogP contribution is -2.32. The Labute approximate surface area is 206 Å². The van der Waals surface area contributed by atoms with E-state index in [1.165, 1.54) is 0 Å². The first-order valence-corrected chi connectivity index (χ1v) is 13.0. The summed E-state index contributed by atoms with van der Waals surface area (Å²) in [6.07, 6.45) is -0.237. The first kappa shape index (κ1) is 24.7. The second-order valence-corrected chi connectivity index (χ2v) is 11.3. The monoisotopic (exact) mass is 485 g/mol. The van der Waals surface area contributed by atoms with E-state index < -0.39 is 19.7 Å². The molecule has 2 amide bonds. The number of imide groups is 1. The van der Waals surface area contributed by atoms with Crippen LogP contribution in [0.15, 0.2) is 48.5 Å². The minimum Gasteiger partial charge on any atom is -0.288 e. The average molecular weight is 486 g/mol. The van der Waals surface area contributed by atoms with E-state index in [0.717, 1.165) is 38.3 Å². The second-order valence-electron chi connectivity index (χ2n) is 9.31. The maximum atomic E-state index is 14.0. The van der Waals surface area contributed by atoms with Crippen LogP contribution in [0.3, 0.4) is 0 Å². The molecule has 0 atom stereocenters. The highest BCUT2D eigenvalue weighted by Gasteiger charge is 2.41. The molecule has 1 aliphatic rings. The van der Waals surface area contributed by atoms with E-state index in [1.54, 1.807) is 24.3 Å². The highest BCUT2D eigenvalue weighted by Crippen LogP contribution is 2.47. The van der Waals surface area contributed by atoms with Crippen molar-refractivity contribution in [1.82, 2.24) is 4.90 Å². The van der Waals surface area contributed by atoms with Gasteiger partial charge in [-0.15, -0.1) is 0 Å². The fraction of sp³-hybridized carbons (Fsp3) is 0.241. The zero-order valence-electron chi connectivity index (χ0n) is 20.9. The Balaban J connectivity index is 1.82. The number of fused-ring (bicyclic) bond motifs is 1. The number of rotatable bonds is 6. The molecular formula is C29H28NO4P. The number of hydrogen-bond donors (Lipinski definition) is 0. The first-order chi connectivity index (χ1) is 16.5. The predicted octanol–water partition coefficient (Wildman–Crippen LogP) is 6.25. The molecule has 1 aliphatic heterocycles. The van der Waals surface area contributed by atoms with Gasteiger partial charge >= 0.3 is 0 Å². The van der Waals surface area contributed by atoms with Crippen LogP contribution in [0.2, 0.25) is 0 Å². The number of carbonyl (C=O) groups is 4. The van der Waals surface area contributed by atoms with Gasteiger partial charge in [-0.25, -0.2) is 0 Å². The average Bonchev–Trinajstić information content (AvgIpc) is 3.00. The number of nitrogens with zero attached hydrogens (tertiary/aromatic N) is 1. The van der Waals surface area contributed by atoms with E-state index in [0.29, 0.717) is 22.3 Å². The van der Waals surface area contributed by atoms with Crippen LogP contribution in [0.25, 0.3) is 0 Å². The molecule has 5 nitrogen and oxygen atoms in total. The molecule has 1 heterocycles. The van der Waals surface area contributed by atoms with Crippen molar-refractivity contribution < 1.29 is 19.2 Å². The summed E-state index contributed by atoms with van der Waals surface area (Å²) in [5.74, 6) is -0.929. The largest absolute Gasteiger partial charge is 0.288 e. The maximum absolute atomic E-state index is 14.0. The van der Waals surface area contributed by atoms with Gasteiger partial charge < -0.3 is 0 Å². The molecule has 0 N–H and O–H groups in total. The lowest BCUT2D eigenvalue weighted by Gasteiger charge is -2.24. The van der Waals surface area contributed by atoms with Gasteiger partial charge in [0.1, 0.15) is 0 Å². The third-order valence-electron chi connectivity index (χ3n) is 6.43. The summed E-state index contributed by atoms with van der Waals surface area (Å²) >= 11 is 0. The molecule has 0 aliphatic carbocycles. The van der Waals surface area contributed by atoms with Gasteiger partial charge in [-0.2, -0.15) is 0 Å². The molecule has 0 bridgehead atoms. The SMILES string of the molecule is Cc1cc(C)c(C(=O)P(CN2C(=O)c3ccccc3C2=O)C(=O)c2c(C)cc(C)cc2C)c(C)c1. The van der Waals surface area contributed by atoms with Gasteiger partial charge in [0.15, 0.2) is 11.0 Å². The fourth-order valence-electron chi connectivity index (χ4n) is 5.03. The lowest BCUT2D eigenvalue weighted by atomic mass is 10.0. The molecule has 0 aromatic heterocycles. The standard InChI is InChI=1S/C29H28NO4P/c1-16-11-18(3)24(19(4)12-16)28(33)35(29(34)25-20(5)13-17(2)14-21(25)6)15-30-26(31)22-9-7-8-10-23(22)27(30)32/h7-14H,15H2,1-6H3. The van der Waals surface area contributed by atoms with Crippen molar-refractivity contribution in [3.8, 4) is 0 Å². The highest BCUT2D eigenvalue weighted by molar-refractivity contribution is 7.90. The molecule has 6 heteroatoms. The molecule has 0 spiro atoms. The van der Waals surface area contributed by atoms with Gasteiger partial charge in [0, 0.05) is 11.1 Å². The zero-order valence-corrected chi connectivity index (χ0v) is 21.7. The van der Waals surface area contributed by atoms with Crippen LogP contribution in [0.4, 0.5) is 0 Å². The van der Waals surface area contributed by atoms with E-state index >= 15 is 0 Å². The van der Waals surface area contributed by atoms with E-state index in [4.69, 9.17) is 0 Å². The molecule has 0 saturated heterocycles. The normalized spacial score (nSPS) is 12.9. The zero-order chi connectivity index (χ0) is 25.6. The molecule has 0 saturated carbocycles. The molecule has 0 unspecified atom stereocenters. The van der Waals surface area contributed by atoms with Crippen LogP contribution in [0.1, 0.15) is 74.8 Å². The third kappa shape index (κ3) is 4.37. The molecule has 35 heavy (non-hydrogen) atoms. The minimum absolute atomic E-state index is 0.237. The van der Waals surface area contributed by atoms with Crippen LogP contribution in [-0.2, 0) is 0 Å². The van der Waals surface area contributed by atoms with Crippen molar-refractivity contribution in [2.75, 3.05) is 6.29 Å². The minimum atomic E-state index is -2.08. The molecular weight excluding hydrogens is 457 g/mol. The van der Waals surface area contributed by atoms with Crippen molar-refractivity contribution in [1.29, 1.82) is 0 Å². The molecule has 178 valence electrons. The Morgan fingerprint density at radius 1 is 0.657 bits per heavy atom. The Kier molecular flexibility index (Phi) is 6.57. The first-order valence-electron chi connectivity index (χ1n) is 11.5. The van der Waals surface area contributed by atoms with Crippen LogP contribution < -0.4 is 0 Å². The molecule has 3 aromatic rings. The van der Waals surface area contributed by atoms with Gasteiger partial charge in [0.05, 0.1) is 25.3 Å². The summed E-state index contributed by atoms with van der Waals surface area (Å²) in [6, 6.07) is 14.3. The number of carbonyl (C=O) groups excluding carboxylic acids is 4. The van der Waals surface area contributed by atoms with E-state index in [-0.39, 0.29) is 17.3 Å². The van der Waals surface area contributed by atoms with Crippen molar-refractivity contribution >= 4 is 30.8 Å². The van der Waals surface area contributed by atoms with E-state index in [1.807, 2.05) is 65.8 Å². The number of aryl methyl sites for hydroxylation is 6. The van der Waals surface area contributed by atoms with Gasteiger partial charge in [0.25, 0.3) is 11.8 Å². The molecule has 4 rings (SSSR count). The van der Waals surface area contributed by atoms with Crippen LogP contribution in [0.5, 0.6) is 0 Å². The van der Waals surface area contributed by atoms with E-state index in [2.05, 4.69) is 0 Å². The fourth-order valence-corrected chi connectivity index (χ4v) is 7.26. The topological polar surface area (TPSA) is 71.5 Å². The molecule has 0 fully saturated rings. The quantitative estimate of drug-likeness (QED) is 0.306. The van der Waals surface area contributed by atoms with Crippen molar-refractivity contribution in [2.45, 2.75) is 41.5 Å². The van der Waals surface area contributed by atoms with Crippen molar-refractivity contribution in [3.63, 3.8) is 0 Å². The van der Waals surface area contributed by atoms with Gasteiger partial charge in [-0.05, 0) is 75.9 Å². The Hall–Kier alpha value is -3.43. The summed E-state index contributed by atoms with van der Waals surface area (Å²) in [5.41, 5.74) is 6.17. The lowest BCUT2D eigenvalue weighted by molar-refractivity contribution is 0.0682. The smallest absolute Gasteiger partial charge is 0.261 e. The number of hydrogen-bond acceptors (Lipinski definition) is 4. The number of benzene rings is 3. The van der Waals surface area contributed by atoms with E-state index in [9.17, 15) is 19.2 Å².